The predicted octanol–water partition coefficient (Wildman–Crippen LogP) is 3.87. The molecule has 1 aliphatic rings. The lowest BCUT2D eigenvalue weighted by Gasteiger charge is -2.07. The van der Waals surface area contributed by atoms with E-state index < -0.39 is 0 Å². The molecule has 0 bridgehead atoms. The lowest BCUT2D eigenvalue weighted by Crippen LogP contribution is -2.36. The molecule has 0 aliphatic heterocycles. The first kappa shape index (κ1) is 13.9. The highest BCUT2D eigenvalue weighted by molar-refractivity contribution is 7.21. The van der Waals surface area contributed by atoms with Crippen LogP contribution in [0, 0.1) is 0 Å². The molecule has 1 saturated carbocycles. The van der Waals surface area contributed by atoms with Crippen LogP contribution in [-0.2, 0) is 14.1 Å². The van der Waals surface area contributed by atoms with Gasteiger partial charge in [-0.15, -0.1) is 0 Å². The number of nitrogens with zero attached hydrogens (tertiary/aromatic N) is 2. The van der Waals surface area contributed by atoms with Gasteiger partial charge in [0.15, 0.2) is 6.20 Å². The smallest absolute Gasteiger partial charge is 0.195 e. The Hall–Kier alpha value is -1.74. The topological polar surface area (TPSA) is 7.76 Å². The molecular formula is C19H22N2S+2. The van der Waals surface area contributed by atoms with Crippen LogP contribution in [0.15, 0.2) is 42.6 Å². The minimum atomic E-state index is 0.778. The fraction of sp³-hybridized carbons (Fsp3) is 0.368. The van der Waals surface area contributed by atoms with Gasteiger partial charge in [0.05, 0.1) is 0 Å². The third kappa shape index (κ3) is 2.24. The van der Waals surface area contributed by atoms with E-state index in [1.165, 1.54) is 52.2 Å². The fourth-order valence-electron chi connectivity index (χ4n) is 3.65. The zero-order chi connectivity index (χ0) is 15.1. The highest BCUT2D eigenvalue weighted by Crippen LogP contribution is 2.36. The van der Waals surface area contributed by atoms with Crippen molar-refractivity contribution >= 4 is 21.6 Å². The molecule has 0 spiro atoms. The van der Waals surface area contributed by atoms with Crippen LogP contribution >= 0.6 is 11.3 Å². The molecule has 0 amide bonds. The van der Waals surface area contributed by atoms with E-state index in [9.17, 15) is 0 Å². The zero-order valence-corrected chi connectivity index (χ0v) is 14.1. The molecule has 0 atom stereocenters. The summed E-state index contributed by atoms with van der Waals surface area (Å²) >= 11 is 1.88. The summed E-state index contributed by atoms with van der Waals surface area (Å²) < 4.78 is 5.93. The molecule has 0 radical (unpaired) electrons. The molecule has 1 fully saturated rings. The van der Waals surface area contributed by atoms with Crippen molar-refractivity contribution in [2.24, 2.45) is 14.1 Å². The van der Waals surface area contributed by atoms with E-state index >= 15 is 0 Å². The minimum Gasteiger partial charge on any atom is -0.195 e. The second kappa shape index (κ2) is 5.47. The molecular weight excluding hydrogens is 288 g/mol. The number of hydrogen-bond donors (Lipinski definition) is 0. The number of aryl methyl sites for hydroxylation is 2. The highest BCUT2D eigenvalue weighted by atomic mass is 32.1. The molecule has 4 rings (SSSR count). The van der Waals surface area contributed by atoms with Gasteiger partial charge in [0.25, 0.3) is 5.69 Å². The normalized spacial score (nSPS) is 15.7. The molecule has 3 heteroatoms. The van der Waals surface area contributed by atoms with Crippen LogP contribution in [0.1, 0.15) is 37.2 Å². The lowest BCUT2D eigenvalue weighted by molar-refractivity contribution is -0.678. The van der Waals surface area contributed by atoms with Crippen molar-refractivity contribution in [2.75, 3.05) is 0 Å². The Bertz CT molecular complexity index is 829. The monoisotopic (exact) mass is 310 g/mol. The van der Waals surface area contributed by atoms with Crippen molar-refractivity contribution in [3.8, 4) is 10.7 Å². The van der Waals surface area contributed by atoms with Crippen molar-refractivity contribution in [1.29, 1.82) is 0 Å². The van der Waals surface area contributed by atoms with Crippen molar-refractivity contribution in [2.45, 2.75) is 31.6 Å². The number of benzene rings is 1. The second-order valence-electron chi connectivity index (χ2n) is 6.37. The van der Waals surface area contributed by atoms with Gasteiger partial charge >= 0.3 is 5.01 Å². The Labute approximate surface area is 135 Å². The van der Waals surface area contributed by atoms with E-state index in [-0.39, 0.29) is 0 Å². The van der Waals surface area contributed by atoms with Crippen LogP contribution in [0.4, 0.5) is 0 Å². The summed E-state index contributed by atoms with van der Waals surface area (Å²) in [5.41, 5.74) is 4.17. The van der Waals surface area contributed by atoms with Crippen LogP contribution in [0.25, 0.3) is 20.9 Å². The summed E-state index contributed by atoms with van der Waals surface area (Å²) in [6, 6.07) is 13.5. The Balaban J connectivity index is 1.85. The summed E-state index contributed by atoms with van der Waals surface area (Å²) in [6.07, 6.45) is 7.62. The summed E-state index contributed by atoms with van der Waals surface area (Å²) in [5.74, 6) is 0.778. The van der Waals surface area contributed by atoms with Gasteiger partial charge in [-0.25, -0.2) is 0 Å². The Kier molecular flexibility index (Phi) is 3.45. The quantitative estimate of drug-likeness (QED) is 0.635. The lowest BCUT2D eigenvalue weighted by atomic mass is 9.97. The van der Waals surface area contributed by atoms with Gasteiger partial charge in [0, 0.05) is 18.2 Å². The number of rotatable bonds is 2. The molecule has 2 aromatic heterocycles. The van der Waals surface area contributed by atoms with E-state index in [0.29, 0.717) is 0 Å². The number of pyridine rings is 1. The number of thiazole rings is 1. The summed E-state index contributed by atoms with van der Waals surface area (Å²) in [5, 5.41) is 1.32. The molecule has 1 aliphatic carbocycles. The van der Waals surface area contributed by atoms with Gasteiger partial charge in [-0.2, -0.15) is 9.13 Å². The van der Waals surface area contributed by atoms with E-state index in [1.54, 1.807) is 0 Å². The van der Waals surface area contributed by atoms with Gasteiger partial charge in [0.1, 0.15) is 18.8 Å². The number of aromatic nitrogens is 2. The van der Waals surface area contributed by atoms with Crippen LogP contribution in [0.2, 0.25) is 0 Å². The summed E-state index contributed by atoms with van der Waals surface area (Å²) in [4.78, 5) is 0. The Morgan fingerprint density at radius 3 is 2.64 bits per heavy atom. The van der Waals surface area contributed by atoms with Crippen molar-refractivity contribution < 1.29 is 9.13 Å². The van der Waals surface area contributed by atoms with Crippen molar-refractivity contribution in [3.05, 3.63) is 48.2 Å². The molecule has 3 aromatic rings. The predicted molar refractivity (Wildman–Crippen MR) is 90.8 cm³/mol. The first-order valence-electron chi connectivity index (χ1n) is 8.11. The average Bonchev–Trinajstić information content (AvgIpc) is 3.16. The molecule has 112 valence electrons. The minimum absolute atomic E-state index is 0.778. The van der Waals surface area contributed by atoms with Crippen LogP contribution in [-0.4, -0.2) is 0 Å². The molecule has 2 heterocycles. The summed E-state index contributed by atoms with van der Waals surface area (Å²) in [6.45, 7) is 0. The first-order chi connectivity index (χ1) is 10.7. The Morgan fingerprint density at radius 1 is 1.05 bits per heavy atom. The highest BCUT2D eigenvalue weighted by Gasteiger charge is 2.26. The molecule has 22 heavy (non-hydrogen) atoms. The van der Waals surface area contributed by atoms with E-state index in [4.69, 9.17) is 0 Å². The number of fused-ring (bicyclic) bond motifs is 1. The van der Waals surface area contributed by atoms with Gasteiger partial charge in [-0.3, -0.25) is 0 Å². The van der Waals surface area contributed by atoms with E-state index in [0.717, 1.165) is 5.92 Å². The number of hydrogen-bond acceptors (Lipinski definition) is 1. The third-order valence-electron chi connectivity index (χ3n) is 4.96. The first-order valence-corrected chi connectivity index (χ1v) is 8.93. The van der Waals surface area contributed by atoms with Crippen molar-refractivity contribution in [3.63, 3.8) is 0 Å². The molecule has 2 nitrogen and oxygen atoms in total. The largest absolute Gasteiger partial charge is 0.335 e. The van der Waals surface area contributed by atoms with Crippen molar-refractivity contribution in [1.82, 2.24) is 0 Å². The maximum absolute atomic E-state index is 2.42. The zero-order valence-electron chi connectivity index (χ0n) is 13.2. The van der Waals surface area contributed by atoms with Gasteiger partial charge in [-0.1, -0.05) is 30.2 Å². The SMILES string of the molecule is C[n+]1ccccc1-c1sc2ccc(C3CCCC3)cc2[n+]1C. The molecule has 0 unspecified atom stereocenters. The third-order valence-corrected chi connectivity index (χ3v) is 6.20. The van der Waals surface area contributed by atoms with Gasteiger partial charge < -0.3 is 0 Å². The molecule has 0 N–H and O–H groups in total. The summed E-state index contributed by atoms with van der Waals surface area (Å²) in [7, 11) is 4.31. The Morgan fingerprint density at radius 2 is 1.86 bits per heavy atom. The maximum atomic E-state index is 2.42. The van der Waals surface area contributed by atoms with E-state index in [1.807, 2.05) is 11.3 Å². The van der Waals surface area contributed by atoms with Crippen LogP contribution in [0.3, 0.4) is 0 Å². The second-order valence-corrected chi connectivity index (χ2v) is 7.40. The van der Waals surface area contributed by atoms with Gasteiger partial charge in [0.2, 0.25) is 5.52 Å². The molecule has 0 saturated heterocycles. The van der Waals surface area contributed by atoms with Crippen LogP contribution < -0.4 is 9.13 Å². The van der Waals surface area contributed by atoms with Gasteiger partial charge in [-0.05, 0) is 36.5 Å². The fourth-order valence-corrected chi connectivity index (χ4v) is 4.84. The van der Waals surface area contributed by atoms with Crippen LogP contribution in [0.5, 0.6) is 0 Å². The molecule has 1 aromatic carbocycles. The standard InChI is InChI=1S/C19H22N2S/c1-20-12-6-5-9-16(20)19-21(2)17-13-15(10-11-18(17)22-19)14-7-3-4-8-14/h5-6,9-14H,3-4,7-8H2,1-2H3/q+2. The van der Waals surface area contributed by atoms with E-state index in [2.05, 4.69) is 65.8 Å². The average molecular weight is 310 g/mol. The maximum Gasteiger partial charge on any atom is 0.335 e.